The average Bonchev–Trinajstić information content (AvgIpc) is 2.09. The van der Waals surface area contributed by atoms with Crippen LogP contribution >= 0.6 is 0 Å². The Morgan fingerprint density at radius 2 is 2.17 bits per heavy atom. The summed E-state index contributed by atoms with van der Waals surface area (Å²) < 4.78 is 0. The van der Waals surface area contributed by atoms with E-state index in [1.165, 1.54) is 12.8 Å². The predicted octanol–water partition coefficient (Wildman–Crippen LogP) is -0.143. The second-order valence-corrected chi connectivity index (χ2v) is 3.34. The van der Waals surface area contributed by atoms with Gasteiger partial charge in [-0.2, -0.15) is 0 Å². The number of nitrogens with two attached hydrogens (primary N) is 1. The van der Waals surface area contributed by atoms with Gasteiger partial charge in [0.25, 0.3) is 7.41 Å². The van der Waals surface area contributed by atoms with Crippen LogP contribution < -0.4 is 5.73 Å². The molecule has 0 atom stereocenters. The van der Waals surface area contributed by atoms with Crippen molar-refractivity contribution >= 4 is 13.6 Å². The van der Waals surface area contributed by atoms with Gasteiger partial charge in [0.15, 0.2) is 0 Å². The van der Waals surface area contributed by atoms with Gasteiger partial charge in [0.2, 0.25) is 0 Å². The lowest BCUT2D eigenvalue weighted by atomic mass is 9.86. The number of carbonyl (C=O) groups is 1. The molecule has 4 heteroatoms. The molecule has 1 saturated heterocycles. The molecule has 1 aliphatic rings. The van der Waals surface area contributed by atoms with Crippen LogP contribution in [0.2, 0.25) is 0 Å². The van der Waals surface area contributed by atoms with Crippen LogP contribution in [-0.2, 0) is 4.79 Å². The van der Waals surface area contributed by atoms with Crippen LogP contribution in [-0.4, -0.2) is 38.0 Å². The van der Waals surface area contributed by atoms with Crippen molar-refractivity contribution in [1.29, 1.82) is 0 Å². The molecule has 0 aromatic carbocycles. The minimum atomic E-state index is 0.784. The molecule has 1 heterocycles. The molecule has 1 radical (unpaired) electrons. The third-order valence-electron chi connectivity index (χ3n) is 2.50. The molecule has 1 fully saturated rings. The van der Waals surface area contributed by atoms with Crippen molar-refractivity contribution in [2.75, 3.05) is 19.6 Å². The molecule has 3 nitrogen and oxygen atoms in total. The highest BCUT2D eigenvalue weighted by Gasteiger charge is 2.18. The maximum atomic E-state index is 10.2. The Kier molecular flexibility index (Phi) is 4.32. The Morgan fingerprint density at radius 1 is 1.50 bits per heavy atom. The first kappa shape index (κ1) is 9.74. The standard InChI is InChI=1S/C8H16BN2O/c10-4-1-8-2-5-11(6-3-8)9-7-12/h7-8H,1-6,10H2. The lowest BCUT2D eigenvalue weighted by Gasteiger charge is -2.30. The first-order chi connectivity index (χ1) is 5.86. The van der Waals surface area contributed by atoms with E-state index in [2.05, 4.69) is 4.81 Å². The molecule has 2 N–H and O–H groups in total. The summed E-state index contributed by atoms with van der Waals surface area (Å²) in [6.45, 7) is 2.83. The quantitative estimate of drug-likeness (QED) is 0.468. The van der Waals surface area contributed by atoms with E-state index in [4.69, 9.17) is 5.73 Å². The number of nitrogens with zero attached hydrogens (tertiary/aromatic N) is 1. The first-order valence-corrected chi connectivity index (χ1v) is 4.59. The molecule has 67 valence electrons. The van der Waals surface area contributed by atoms with Crippen LogP contribution in [0.3, 0.4) is 0 Å². The van der Waals surface area contributed by atoms with Gasteiger partial charge in [-0.3, -0.25) is 0 Å². The third-order valence-corrected chi connectivity index (χ3v) is 2.50. The van der Waals surface area contributed by atoms with Crippen molar-refractivity contribution in [3.8, 4) is 0 Å². The Morgan fingerprint density at radius 3 is 2.67 bits per heavy atom. The highest BCUT2D eigenvalue weighted by molar-refractivity contribution is 6.64. The van der Waals surface area contributed by atoms with Crippen molar-refractivity contribution in [1.82, 2.24) is 4.81 Å². The second kappa shape index (κ2) is 5.33. The van der Waals surface area contributed by atoms with E-state index in [1.54, 1.807) is 7.41 Å². The Hall–Kier alpha value is -0.345. The summed E-state index contributed by atoms with van der Waals surface area (Å²) >= 11 is 0. The maximum Gasteiger partial charge on any atom is 0.293 e. The average molecular weight is 167 g/mol. The molecule has 0 saturated carbocycles. The van der Waals surface area contributed by atoms with E-state index >= 15 is 0 Å². The lowest BCUT2D eigenvalue weighted by molar-refractivity contribution is 0.271. The lowest BCUT2D eigenvalue weighted by Crippen LogP contribution is -2.37. The Bertz CT molecular complexity index is 135. The third kappa shape index (κ3) is 2.95. The molecular formula is C8H16BN2O. The number of carbonyl (C=O) groups excluding carboxylic acids is 1. The molecule has 1 aliphatic heterocycles. The monoisotopic (exact) mass is 167 g/mol. The molecule has 0 amide bonds. The molecule has 0 bridgehead atoms. The van der Waals surface area contributed by atoms with Crippen molar-refractivity contribution in [2.45, 2.75) is 19.3 Å². The molecule has 0 aromatic rings. The fourth-order valence-corrected chi connectivity index (χ4v) is 1.71. The zero-order chi connectivity index (χ0) is 8.81. The van der Waals surface area contributed by atoms with Gasteiger partial charge in [-0.05, 0) is 44.8 Å². The smallest absolute Gasteiger partial charge is 0.293 e. The van der Waals surface area contributed by atoms with Crippen molar-refractivity contribution in [3.63, 3.8) is 0 Å². The van der Waals surface area contributed by atoms with Crippen LogP contribution in [0.25, 0.3) is 0 Å². The Balaban J connectivity index is 2.15. The summed E-state index contributed by atoms with van der Waals surface area (Å²) in [4.78, 5) is 12.2. The van der Waals surface area contributed by atoms with Crippen molar-refractivity contribution in [3.05, 3.63) is 0 Å². The summed E-state index contributed by atoms with van der Waals surface area (Å²) in [6, 6.07) is 0. The fraction of sp³-hybridized carbons (Fsp3) is 0.875. The van der Waals surface area contributed by atoms with Gasteiger partial charge in [-0.25, -0.2) is 0 Å². The minimum Gasteiger partial charge on any atom is -0.340 e. The number of piperidine rings is 1. The molecule has 12 heavy (non-hydrogen) atoms. The summed E-state index contributed by atoms with van der Waals surface area (Å²) in [6.07, 6.45) is 4.36. The normalized spacial score (nSPS) is 20.8. The number of hydrogen-bond acceptors (Lipinski definition) is 3. The molecule has 1 rings (SSSR count). The first-order valence-electron chi connectivity index (χ1n) is 4.59. The molecule has 0 spiro atoms. The Labute approximate surface area is 74.6 Å². The van der Waals surface area contributed by atoms with Crippen LogP contribution in [0.5, 0.6) is 0 Å². The fourth-order valence-electron chi connectivity index (χ4n) is 1.71. The van der Waals surface area contributed by atoms with Crippen LogP contribution in [0.15, 0.2) is 0 Å². The van der Waals surface area contributed by atoms with Crippen molar-refractivity contribution < 1.29 is 4.79 Å². The van der Waals surface area contributed by atoms with Gasteiger partial charge in [-0.1, -0.05) is 0 Å². The summed E-state index contributed by atoms with van der Waals surface area (Å²) in [5, 5.41) is 0. The SMILES string of the molecule is NCCC1CCN([B]C=O)CC1. The second-order valence-electron chi connectivity index (χ2n) is 3.34. The van der Waals surface area contributed by atoms with Gasteiger partial charge >= 0.3 is 0 Å². The summed E-state index contributed by atoms with van der Waals surface area (Å²) in [7, 11) is 1.64. The van der Waals surface area contributed by atoms with Gasteiger partial charge < -0.3 is 15.3 Å². The van der Waals surface area contributed by atoms with Crippen LogP contribution in [0.4, 0.5) is 0 Å². The zero-order valence-electron chi connectivity index (χ0n) is 7.41. The summed E-state index contributed by atoms with van der Waals surface area (Å²) in [5.74, 6) is 0.784. The maximum absolute atomic E-state index is 10.2. The van der Waals surface area contributed by atoms with E-state index in [1.807, 2.05) is 0 Å². The molecule has 0 aromatic heterocycles. The molecule has 0 aliphatic carbocycles. The van der Waals surface area contributed by atoms with Crippen LogP contribution in [0, 0.1) is 5.92 Å². The van der Waals surface area contributed by atoms with E-state index in [0.29, 0.717) is 0 Å². The van der Waals surface area contributed by atoms with Crippen molar-refractivity contribution in [2.24, 2.45) is 11.7 Å². The molecular weight excluding hydrogens is 151 g/mol. The highest BCUT2D eigenvalue weighted by Crippen LogP contribution is 2.18. The number of hydrogen-bond donors (Lipinski definition) is 1. The van der Waals surface area contributed by atoms with Crippen LogP contribution in [0.1, 0.15) is 19.3 Å². The largest absolute Gasteiger partial charge is 0.340 e. The minimum absolute atomic E-state index is 0.784. The molecule has 0 unspecified atom stereocenters. The zero-order valence-corrected chi connectivity index (χ0v) is 7.41. The number of rotatable bonds is 4. The highest BCUT2D eigenvalue weighted by atomic mass is 16.1. The topological polar surface area (TPSA) is 46.3 Å². The van der Waals surface area contributed by atoms with E-state index in [0.717, 1.165) is 38.2 Å². The van der Waals surface area contributed by atoms with Gasteiger partial charge in [0.05, 0.1) is 6.19 Å². The van der Waals surface area contributed by atoms with E-state index in [9.17, 15) is 4.79 Å². The van der Waals surface area contributed by atoms with E-state index in [-0.39, 0.29) is 0 Å². The van der Waals surface area contributed by atoms with Gasteiger partial charge in [0.1, 0.15) is 0 Å². The van der Waals surface area contributed by atoms with Gasteiger partial charge in [0, 0.05) is 0 Å². The van der Waals surface area contributed by atoms with Gasteiger partial charge in [-0.15, -0.1) is 0 Å². The van der Waals surface area contributed by atoms with E-state index < -0.39 is 0 Å². The predicted molar refractivity (Wildman–Crippen MR) is 50.5 cm³/mol. The summed E-state index contributed by atoms with van der Waals surface area (Å²) in [5.41, 5.74) is 5.48.